The van der Waals surface area contributed by atoms with Gasteiger partial charge in [0.15, 0.2) is 0 Å². The Hall–Kier alpha value is -0.660. The Morgan fingerprint density at radius 2 is 1.91 bits per heavy atom. The summed E-state index contributed by atoms with van der Waals surface area (Å²) in [6.07, 6.45) is 2.29. The van der Waals surface area contributed by atoms with E-state index in [1.165, 1.54) is 6.07 Å². The molecule has 3 atom stereocenters. The van der Waals surface area contributed by atoms with Crippen LogP contribution in [0.2, 0.25) is 5.02 Å². The summed E-state index contributed by atoms with van der Waals surface area (Å²) in [5.74, 6) is 0. The van der Waals surface area contributed by atoms with Gasteiger partial charge in [0, 0.05) is 11.1 Å². The Kier molecular flexibility index (Phi) is 4.75. The highest BCUT2D eigenvalue weighted by Crippen LogP contribution is 2.28. The SMILES string of the molecule is Cc1ccc(S(=O)(=O)N[C@@H]2CC[C@@H]3OCCO[C@@H]3C2)cc1Cl. The lowest BCUT2D eigenvalue weighted by Crippen LogP contribution is -2.49. The molecule has 2 aliphatic rings. The molecule has 7 heteroatoms. The monoisotopic (exact) mass is 345 g/mol. The predicted octanol–water partition coefficient (Wildman–Crippen LogP) is 2.26. The third kappa shape index (κ3) is 3.46. The van der Waals surface area contributed by atoms with Crippen LogP contribution in [0.4, 0.5) is 0 Å². The number of rotatable bonds is 3. The number of hydrogen-bond donors (Lipinski definition) is 1. The second-order valence-electron chi connectivity index (χ2n) is 5.86. The van der Waals surface area contributed by atoms with Gasteiger partial charge in [-0.05, 0) is 43.9 Å². The Morgan fingerprint density at radius 3 is 2.64 bits per heavy atom. The molecule has 1 heterocycles. The molecule has 1 saturated heterocycles. The first-order chi connectivity index (χ1) is 10.5. The third-order valence-electron chi connectivity index (χ3n) is 4.25. The van der Waals surface area contributed by atoms with Gasteiger partial charge in [0.05, 0.1) is 30.3 Å². The first kappa shape index (κ1) is 16.2. The van der Waals surface area contributed by atoms with E-state index in [4.69, 9.17) is 21.1 Å². The average molecular weight is 346 g/mol. The fraction of sp³-hybridized carbons (Fsp3) is 0.600. The number of benzene rings is 1. The molecule has 2 fully saturated rings. The highest BCUT2D eigenvalue weighted by molar-refractivity contribution is 7.89. The van der Waals surface area contributed by atoms with Crippen molar-refractivity contribution >= 4 is 21.6 Å². The molecule has 5 nitrogen and oxygen atoms in total. The van der Waals surface area contributed by atoms with Crippen molar-refractivity contribution in [2.75, 3.05) is 13.2 Å². The molecule has 0 spiro atoms. The van der Waals surface area contributed by atoms with E-state index in [9.17, 15) is 8.42 Å². The van der Waals surface area contributed by atoms with Crippen LogP contribution < -0.4 is 4.72 Å². The van der Waals surface area contributed by atoms with Crippen LogP contribution in [0.15, 0.2) is 23.1 Å². The molecule has 1 aliphatic carbocycles. The van der Waals surface area contributed by atoms with E-state index in [1.807, 2.05) is 6.92 Å². The normalized spacial score (nSPS) is 29.1. The maximum Gasteiger partial charge on any atom is 0.240 e. The maximum atomic E-state index is 12.5. The van der Waals surface area contributed by atoms with E-state index in [1.54, 1.807) is 12.1 Å². The van der Waals surface area contributed by atoms with Gasteiger partial charge in [-0.2, -0.15) is 0 Å². The molecule has 0 amide bonds. The molecule has 1 saturated carbocycles. The number of sulfonamides is 1. The van der Waals surface area contributed by atoms with E-state index in [2.05, 4.69) is 4.72 Å². The van der Waals surface area contributed by atoms with Crippen molar-refractivity contribution in [3.05, 3.63) is 28.8 Å². The molecule has 3 rings (SSSR count). The van der Waals surface area contributed by atoms with Crippen LogP contribution >= 0.6 is 11.6 Å². The van der Waals surface area contributed by atoms with E-state index in [0.29, 0.717) is 24.7 Å². The molecule has 1 aliphatic heterocycles. The lowest BCUT2D eigenvalue weighted by molar-refractivity contribution is -0.156. The molecule has 0 unspecified atom stereocenters. The molecular formula is C15H20ClNO4S. The highest BCUT2D eigenvalue weighted by atomic mass is 35.5. The molecular weight excluding hydrogens is 326 g/mol. The third-order valence-corrected chi connectivity index (χ3v) is 6.18. The molecule has 122 valence electrons. The Bertz CT molecular complexity index is 649. The maximum absolute atomic E-state index is 12.5. The summed E-state index contributed by atoms with van der Waals surface area (Å²) in [7, 11) is -3.57. The van der Waals surface area contributed by atoms with Gasteiger partial charge in [0.2, 0.25) is 10.0 Å². The number of nitrogens with one attached hydrogen (secondary N) is 1. The number of hydrogen-bond acceptors (Lipinski definition) is 4. The van der Waals surface area contributed by atoms with E-state index >= 15 is 0 Å². The van der Waals surface area contributed by atoms with Crippen molar-refractivity contribution in [3.63, 3.8) is 0 Å². The van der Waals surface area contributed by atoms with Crippen molar-refractivity contribution in [1.82, 2.24) is 4.72 Å². The summed E-state index contributed by atoms with van der Waals surface area (Å²) < 4.78 is 39.1. The number of fused-ring (bicyclic) bond motifs is 1. The molecule has 0 aromatic heterocycles. The molecule has 0 bridgehead atoms. The zero-order chi connectivity index (χ0) is 15.7. The molecule has 1 N–H and O–H groups in total. The largest absolute Gasteiger partial charge is 0.373 e. The van der Waals surface area contributed by atoms with E-state index in [0.717, 1.165) is 18.4 Å². The quantitative estimate of drug-likeness (QED) is 0.912. The average Bonchev–Trinajstić information content (AvgIpc) is 2.49. The van der Waals surface area contributed by atoms with Crippen molar-refractivity contribution in [2.45, 2.75) is 49.3 Å². The number of ether oxygens (including phenoxy) is 2. The fourth-order valence-electron chi connectivity index (χ4n) is 3.00. The van der Waals surface area contributed by atoms with Crippen molar-refractivity contribution in [1.29, 1.82) is 0 Å². The lowest BCUT2D eigenvalue weighted by atomic mass is 9.90. The standard InChI is InChI=1S/C15H20ClNO4S/c1-10-2-4-12(9-13(10)16)22(18,19)17-11-3-5-14-15(8-11)21-7-6-20-14/h2,4,9,11,14-15,17H,3,5-8H2,1H3/t11-,14+,15-/m1/s1. The summed E-state index contributed by atoms with van der Waals surface area (Å²) in [4.78, 5) is 0.200. The first-order valence-corrected chi connectivity index (χ1v) is 9.33. The van der Waals surface area contributed by atoms with Gasteiger partial charge in [-0.3, -0.25) is 0 Å². The van der Waals surface area contributed by atoms with E-state index in [-0.39, 0.29) is 23.1 Å². The number of aryl methyl sites for hydroxylation is 1. The Labute approximate surface area is 136 Å². The van der Waals surface area contributed by atoms with Crippen LogP contribution in [0.3, 0.4) is 0 Å². The van der Waals surface area contributed by atoms with Gasteiger partial charge in [-0.25, -0.2) is 13.1 Å². The van der Waals surface area contributed by atoms with Crippen LogP contribution in [-0.2, 0) is 19.5 Å². The van der Waals surface area contributed by atoms with E-state index < -0.39 is 10.0 Å². The molecule has 0 radical (unpaired) electrons. The van der Waals surface area contributed by atoms with Crippen LogP contribution in [0.1, 0.15) is 24.8 Å². The van der Waals surface area contributed by atoms with Gasteiger partial charge in [-0.1, -0.05) is 17.7 Å². The van der Waals surface area contributed by atoms with Crippen LogP contribution in [0.25, 0.3) is 0 Å². The zero-order valence-electron chi connectivity index (χ0n) is 12.4. The minimum Gasteiger partial charge on any atom is -0.373 e. The highest BCUT2D eigenvalue weighted by Gasteiger charge is 2.35. The predicted molar refractivity (Wildman–Crippen MR) is 83.6 cm³/mol. The van der Waals surface area contributed by atoms with Crippen molar-refractivity contribution in [3.8, 4) is 0 Å². The van der Waals surface area contributed by atoms with Gasteiger partial charge in [-0.15, -0.1) is 0 Å². The topological polar surface area (TPSA) is 64.6 Å². The lowest BCUT2D eigenvalue weighted by Gasteiger charge is -2.38. The summed E-state index contributed by atoms with van der Waals surface area (Å²) in [5.41, 5.74) is 0.855. The first-order valence-electron chi connectivity index (χ1n) is 7.47. The summed E-state index contributed by atoms with van der Waals surface area (Å²) in [6, 6.07) is 4.65. The molecule has 1 aromatic rings. The summed E-state index contributed by atoms with van der Waals surface area (Å²) in [6.45, 7) is 3.04. The second-order valence-corrected chi connectivity index (χ2v) is 7.98. The summed E-state index contributed by atoms with van der Waals surface area (Å²) >= 11 is 6.03. The zero-order valence-corrected chi connectivity index (χ0v) is 14.0. The van der Waals surface area contributed by atoms with Crippen LogP contribution in [-0.4, -0.2) is 39.9 Å². The van der Waals surface area contributed by atoms with Crippen molar-refractivity contribution < 1.29 is 17.9 Å². The number of halogens is 1. The Morgan fingerprint density at radius 1 is 1.18 bits per heavy atom. The van der Waals surface area contributed by atoms with Gasteiger partial charge < -0.3 is 9.47 Å². The Balaban J connectivity index is 1.70. The van der Waals surface area contributed by atoms with Gasteiger partial charge >= 0.3 is 0 Å². The second kappa shape index (κ2) is 6.45. The summed E-state index contributed by atoms with van der Waals surface area (Å²) in [5, 5.41) is 0.454. The van der Waals surface area contributed by atoms with Gasteiger partial charge in [0.1, 0.15) is 0 Å². The van der Waals surface area contributed by atoms with Crippen LogP contribution in [0, 0.1) is 6.92 Å². The fourth-order valence-corrected chi connectivity index (χ4v) is 4.56. The minimum atomic E-state index is -3.57. The smallest absolute Gasteiger partial charge is 0.240 e. The van der Waals surface area contributed by atoms with Gasteiger partial charge in [0.25, 0.3) is 0 Å². The minimum absolute atomic E-state index is 0.0168. The van der Waals surface area contributed by atoms with Crippen molar-refractivity contribution in [2.24, 2.45) is 0 Å². The molecule has 22 heavy (non-hydrogen) atoms. The van der Waals surface area contributed by atoms with Crippen LogP contribution in [0.5, 0.6) is 0 Å². The molecule has 1 aromatic carbocycles.